The lowest BCUT2D eigenvalue weighted by molar-refractivity contribution is 0.0879. The van der Waals surface area contributed by atoms with Crippen molar-refractivity contribution in [1.82, 2.24) is 9.88 Å². The molecule has 0 saturated heterocycles. The highest BCUT2D eigenvalue weighted by molar-refractivity contribution is 6.34. The number of anilines is 2. The van der Waals surface area contributed by atoms with Gasteiger partial charge in [0.2, 0.25) is 0 Å². The predicted molar refractivity (Wildman–Crippen MR) is 108 cm³/mol. The van der Waals surface area contributed by atoms with Gasteiger partial charge in [-0.25, -0.2) is 0 Å². The summed E-state index contributed by atoms with van der Waals surface area (Å²) in [6.07, 6.45) is 0. The molecule has 2 aromatic carbocycles. The second kappa shape index (κ2) is 6.92. The molecule has 2 heterocycles. The van der Waals surface area contributed by atoms with Crippen LogP contribution < -0.4 is 21.9 Å². The van der Waals surface area contributed by atoms with E-state index in [1.807, 2.05) is 0 Å². The summed E-state index contributed by atoms with van der Waals surface area (Å²) in [4.78, 5) is 48.8. The Labute approximate surface area is 168 Å². The topological polar surface area (TPSA) is 123 Å². The van der Waals surface area contributed by atoms with Crippen molar-refractivity contribution in [1.29, 1.82) is 0 Å². The first-order valence-electron chi connectivity index (χ1n) is 8.44. The zero-order valence-corrected chi connectivity index (χ0v) is 15.5. The van der Waals surface area contributed by atoms with E-state index in [0.29, 0.717) is 22.0 Å². The monoisotopic (exact) mass is 408 g/mol. The molecule has 4 N–H and O–H groups in total. The maximum atomic E-state index is 12.5. The van der Waals surface area contributed by atoms with Crippen molar-refractivity contribution in [3.8, 4) is 5.69 Å². The minimum Gasteiger partial charge on any atom is -0.384 e. The van der Waals surface area contributed by atoms with Crippen LogP contribution in [-0.2, 0) is 0 Å². The third kappa shape index (κ3) is 3.15. The minimum atomic E-state index is -0.667. The van der Waals surface area contributed by atoms with E-state index in [2.05, 4.69) is 10.6 Å². The van der Waals surface area contributed by atoms with Gasteiger partial charge in [-0.2, -0.15) is 0 Å². The number of hydrogen-bond acceptors (Lipinski definition) is 5. The van der Waals surface area contributed by atoms with Crippen LogP contribution in [0.5, 0.6) is 0 Å². The van der Waals surface area contributed by atoms with E-state index >= 15 is 0 Å². The van der Waals surface area contributed by atoms with E-state index in [1.54, 1.807) is 42.5 Å². The first-order valence-corrected chi connectivity index (χ1v) is 8.82. The first kappa shape index (κ1) is 18.5. The summed E-state index contributed by atoms with van der Waals surface area (Å²) in [5.41, 5.74) is 6.33. The maximum Gasteiger partial charge on any atom is 0.262 e. The highest BCUT2D eigenvalue weighted by Gasteiger charge is 2.31. The third-order valence-electron chi connectivity index (χ3n) is 4.43. The average molecular weight is 409 g/mol. The SMILES string of the molecule is Nc1c2c(cc(=O)n1-c1cccc(NC(=O)c3ccccc3Cl)c1)C(=O)NC2=O. The van der Waals surface area contributed by atoms with Gasteiger partial charge in [-0.15, -0.1) is 0 Å². The molecule has 8 nitrogen and oxygen atoms in total. The number of nitrogens with one attached hydrogen (secondary N) is 2. The normalized spacial score (nSPS) is 12.4. The van der Waals surface area contributed by atoms with Gasteiger partial charge >= 0.3 is 0 Å². The minimum absolute atomic E-state index is 0.0555. The number of carbonyl (C=O) groups excluding carboxylic acids is 3. The fourth-order valence-electron chi connectivity index (χ4n) is 3.11. The molecule has 0 radical (unpaired) electrons. The van der Waals surface area contributed by atoms with Gasteiger partial charge in [0.15, 0.2) is 0 Å². The molecule has 3 amide bonds. The summed E-state index contributed by atoms with van der Waals surface area (Å²) < 4.78 is 1.10. The highest BCUT2D eigenvalue weighted by Crippen LogP contribution is 2.24. The molecule has 144 valence electrons. The van der Waals surface area contributed by atoms with Crippen molar-refractivity contribution >= 4 is 40.8 Å². The van der Waals surface area contributed by atoms with Gasteiger partial charge in [-0.05, 0) is 30.3 Å². The van der Waals surface area contributed by atoms with Crippen LogP contribution in [0.3, 0.4) is 0 Å². The number of rotatable bonds is 3. The number of benzene rings is 2. The zero-order valence-electron chi connectivity index (χ0n) is 14.7. The summed E-state index contributed by atoms with van der Waals surface area (Å²) in [7, 11) is 0. The van der Waals surface area contributed by atoms with Crippen molar-refractivity contribution in [3.63, 3.8) is 0 Å². The standard InChI is InChI=1S/C20H13ClN4O4/c21-14-7-2-1-6-12(14)18(27)23-10-4-3-5-11(8-10)25-15(26)9-13-16(17(25)22)20(29)24-19(13)28/h1-9H,22H2,(H,23,27)(H,24,28,29). The second-order valence-electron chi connectivity index (χ2n) is 6.26. The van der Waals surface area contributed by atoms with Crippen LogP contribution in [-0.4, -0.2) is 22.3 Å². The molecule has 0 fully saturated rings. The van der Waals surface area contributed by atoms with E-state index in [1.165, 1.54) is 6.07 Å². The molecule has 1 aromatic heterocycles. The fourth-order valence-corrected chi connectivity index (χ4v) is 3.33. The van der Waals surface area contributed by atoms with E-state index in [0.717, 1.165) is 10.6 Å². The van der Waals surface area contributed by atoms with E-state index in [9.17, 15) is 19.2 Å². The van der Waals surface area contributed by atoms with Gasteiger partial charge in [0.05, 0.1) is 27.4 Å². The molecule has 0 unspecified atom stereocenters. The molecule has 1 aliphatic rings. The molecule has 0 spiro atoms. The number of pyridine rings is 1. The molecule has 3 aromatic rings. The lowest BCUT2D eigenvalue weighted by Gasteiger charge is -2.13. The van der Waals surface area contributed by atoms with Crippen LogP contribution >= 0.6 is 11.6 Å². The third-order valence-corrected chi connectivity index (χ3v) is 4.76. The smallest absolute Gasteiger partial charge is 0.262 e. The lowest BCUT2D eigenvalue weighted by Crippen LogP contribution is -2.24. The van der Waals surface area contributed by atoms with Crippen LogP contribution in [0.25, 0.3) is 5.69 Å². The number of fused-ring (bicyclic) bond motifs is 1. The molecule has 0 atom stereocenters. The van der Waals surface area contributed by atoms with E-state index in [4.69, 9.17) is 17.3 Å². The molecule has 0 saturated carbocycles. The largest absolute Gasteiger partial charge is 0.384 e. The number of aromatic nitrogens is 1. The Morgan fingerprint density at radius 2 is 1.76 bits per heavy atom. The van der Waals surface area contributed by atoms with Gasteiger partial charge in [0.25, 0.3) is 23.3 Å². The number of hydrogen-bond donors (Lipinski definition) is 3. The van der Waals surface area contributed by atoms with Crippen LogP contribution in [0, 0.1) is 0 Å². The number of imide groups is 1. The van der Waals surface area contributed by atoms with Crippen LogP contribution in [0.4, 0.5) is 11.5 Å². The Morgan fingerprint density at radius 3 is 2.52 bits per heavy atom. The van der Waals surface area contributed by atoms with Crippen LogP contribution in [0.2, 0.25) is 5.02 Å². The van der Waals surface area contributed by atoms with Gasteiger partial charge < -0.3 is 11.1 Å². The van der Waals surface area contributed by atoms with Crippen LogP contribution in [0.1, 0.15) is 31.1 Å². The van der Waals surface area contributed by atoms with Gasteiger partial charge in [0, 0.05) is 11.8 Å². The molecule has 0 aliphatic carbocycles. The molecule has 4 rings (SSSR count). The second-order valence-corrected chi connectivity index (χ2v) is 6.67. The Morgan fingerprint density at radius 1 is 1.00 bits per heavy atom. The van der Waals surface area contributed by atoms with Crippen molar-refractivity contribution in [2.75, 3.05) is 11.1 Å². The molecule has 0 bridgehead atoms. The van der Waals surface area contributed by atoms with Gasteiger partial charge in [-0.1, -0.05) is 29.8 Å². The summed E-state index contributed by atoms with van der Waals surface area (Å²) in [6.45, 7) is 0. The number of amides is 3. The molecule has 9 heteroatoms. The number of nitrogens with zero attached hydrogens (tertiary/aromatic N) is 1. The van der Waals surface area contributed by atoms with Gasteiger partial charge in [0.1, 0.15) is 5.82 Å². The Kier molecular flexibility index (Phi) is 4.40. The van der Waals surface area contributed by atoms with Crippen molar-refractivity contribution in [2.45, 2.75) is 0 Å². The average Bonchev–Trinajstić information content (AvgIpc) is 2.96. The van der Waals surface area contributed by atoms with Crippen molar-refractivity contribution < 1.29 is 14.4 Å². The zero-order chi connectivity index (χ0) is 20.7. The van der Waals surface area contributed by atoms with E-state index < -0.39 is 23.3 Å². The number of nitrogens with two attached hydrogens (primary N) is 1. The Balaban J connectivity index is 1.74. The quantitative estimate of drug-likeness (QED) is 0.573. The number of carbonyl (C=O) groups is 3. The molecule has 29 heavy (non-hydrogen) atoms. The first-order chi connectivity index (χ1) is 13.9. The number of nitrogen functional groups attached to an aromatic ring is 1. The van der Waals surface area contributed by atoms with Crippen molar-refractivity contribution in [3.05, 3.63) is 86.7 Å². The summed E-state index contributed by atoms with van der Waals surface area (Å²) in [5, 5.41) is 5.12. The van der Waals surface area contributed by atoms with Crippen molar-refractivity contribution in [2.24, 2.45) is 0 Å². The van der Waals surface area contributed by atoms with Gasteiger partial charge in [-0.3, -0.25) is 29.1 Å². The lowest BCUT2D eigenvalue weighted by atomic mass is 10.1. The Bertz CT molecular complexity index is 1270. The van der Waals surface area contributed by atoms with Crippen LogP contribution in [0.15, 0.2) is 59.4 Å². The fraction of sp³-hybridized carbons (Fsp3) is 0. The number of halogens is 1. The predicted octanol–water partition coefficient (Wildman–Crippen LogP) is 2.21. The highest BCUT2D eigenvalue weighted by atomic mass is 35.5. The Hall–Kier alpha value is -3.91. The summed E-state index contributed by atoms with van der Waals surface area (Å²) >= 11 is 6.05. The van der Waals surface area contributed by atoms with E-state index in [-0.39, 0.29) is 16.9 Å². The molecular weight excluding hydrogens is 396 g/mol. The maximum absolute atomic E-state index is 12.5. The summed E-state index contributed by atoms with van der Waals surface area (Å²) in [6, 6.07) is 14.0. The summed E-state index contributed by atoms with van der Waals surface area (Å²) in [5.74, 6) is -1.92. The molecule has 1 aliphatic heterocycles. The molecular formula is C20H13ClN4O4.